The van der Waals surface area contributed by atoms with Crippen LogP contribution in [0, 0.1) is 0 Å². The lowest BCUT2D eigenvalue weighted by molar-refractivity contribution is -0.121. The fourth-order valence-corrected chi connectivity index (χ4v) is 2.43. The minimum absolute atomic E-state index is 0.161. The number of thiophene rings is 1. The monoisotopic (exact) mass is 317 g/mol. The van der Waals surface area contributed by atoms with Crippen LogP contribution in [0.15, 0.2) is 46.9 Å². The number of nitrogens with one attached hydrogen (secondary N) is 2. The first-order valence-corrected chi connectivity index (χ1v) is 7.88. The maximum Gasteiger partial charge on any atom is 0.262 e. The molecule has 0 saturated carbocycles. The van der Waals surface area contributed by atoms with Gasteiger partial charge in [-0.2, -0.15) is 5.10 Å². The van der Waals surface area contributed by atoms with Crippen molar-refractivity contribution in [2.24, 2.45) is 5.10 Å². The normalized spacial score (nSPS) is 12.1. The average Bonchev–Trinajstić information content (AvgIpc) is 3.06. The smallest absolute Gasteiger partial charge is 0.262 e. The number of hydrazone groups is 1. The predicted octanol–water partition coefficient (Wildman–Crippen LogP) is 3.10. The van der Waals surface area contributed by atoms with Gasteiger partial charge in [-0.3, -0.25) is 4.79 Å². The number of anilines is 1. The Kier molecular flexibility index (Phi) is 5.97. The molecule has 0 aliphatic heterocycles. The molecule has 1 atom stereocenters. The summed E-state index contributed by atoms with van der Waals surface area (Å²) in [6.45, 7) is 1.95. The van der Waals surface area contributed by atoms with Crippen molar-refractivity contribution < 1.29 is 9.53 Å². The van der Waals surface area contributed by atoms with Crippen LogP contribution in [0.2, 0.25) is 0 Å². The van der Waals surface area contributed by atoms with Crippen LogP contribution in [0.3, 0.4) is 0 Å². The number of hydrogen-bond acceptors (Lipinski definition) is 5. The topological polar surface area (TPSA) is 62.7 Å². The van der Waals surface area contributed by atoms with Crippen LogP contribution >= 0.6 is 11.3 Å². The first-order valence-electron chi connectivity index (χ1n) is 7.00. The van der Waals surface area contributed by atoms with E-state index in [1.54, 1.807) is 24.7 Å². The van der Waals surface area contributed by atoms with Gasteiger partial charge in [-0.05, 0) is 42.1 Å². The molecule has 2 aromatic rings. The highest BCUT2D eigenvalue weighted by atomic mass is 32.1. The lowest BCUT2D eigenvalue weighted by Crippen LogP contribution is -2.36. The summed E-state index contributed by atoms with van der Waals surface area (Å²) < 4.78 is 5.11. The summed E-state index contributed by atoms with van der Waals surface area (Å²) in [5, 5.41) is 9.12. The van der Waals surface area contributed by atoms with E-state index in [-0.39, 0.29) is 11.9 Å². The molecule has 6 heteroatoms. The molecule has 0 radical (unpaired) electrons. The Morgan fingerprint density at radius 1 is 1.36 bits per heavy atom. The molecular weight excluding hydrogens is 298 g/mol. The second kappa shape index (κ2) is 8.19. The number of nitrogens with zero attached hydrogens (tertiary/aromatic N) is 1. The highest BCUT2D eigenvalue weighted by Gasteiger charge is 2.15. The maximum atomic E-state index is 12.1. The molecule has 1 aromatic carbocycles. The molecule has 0 aliphatic carbocycles. The van der Waals surface area contributed by atoms with Crippen molar-refractivity contribution in [2.75, 3.05) is 12.4 Å². The molecule has 1 amide bonds. The molecule has 1 heterocycles. The minimum Gasteiger partial charge on any atom is -0.497 e. The third-order valence-electron chi connectivity index (χ3n) is 3.07. The SMILES string of the molecule is CC[C@@H](Nc1ccc(OC)cc1)C(=O)N/N=C\c1cccs1. The Morgan fingerprint density at radius 2 is 2.14 bits per heavy atom. The molecular formula is C16H19N3O2S. The zero-order chi connectivity index (χ0) is 15.8. The minimum atomic E-state index is -0.339. The Hall–Kier alpha value is -2.34. The molecule has 0 spiro atoms. The summed E-state index contributed by atoms with van der Waals surface area (Å²) >= 11 is 1.57. The number of ether oxygens (including phenoxy) is 1. The number of carbonyl (C=O) groups excluding carboxylic acids is 1. The first-order chi connectivity index (χ1) is 10.7. The number of carbonyl (C=O) groups is 1. The van der Waals surface area contributed by atoms with Gasteiger partial charge in [0, 0.05) is 10.6 Å². The Morgan fingerprint density at radius 3 is 2.73 bits per heavy atom. The van der Waals surface area contributed by atoms with Crippen molar-refractivity contribution in [1.82, 2.24) is 5.43 Å². The van der Waals surface area contributed by atoms with E-state index < -0.39 is 0 Å². The van der Waals surface area contributed by atoms with E-state index in [2.05, 4.69) is 15.8 Å². The van der Waals surface area contributed by atoms with E-state index in [9.17, 15) is 4.79 Å². The summed E-state index contributed by atoms with van der Waals surface area (Å²) in [5.41, 5.74) is 3.43. The summed E-state index contributed by atoms with van der Waals surface area (Å²) in [4.78, 5) is 13.1. The molecule has 2 rings (SSSR count). The molecule has 1 aromatic heterocycles. The quantitative estimate of drug-likeness (QED) is 0.609. The summed E-state index contributed by atoms with van der Waals surface area (Å²) in [6.07, 6.45) is 2.30. The standard InChI is InChI=1S/C16H19N3O2S/c1-3-15(18-12-6-8-13(21-2)9-7-12)16(20)19-17-11-14-5-4-10-22-14/h4-11,15,18H,3H2,1-2H3,(H,19,20)/b17-11-/t15-/m1/s1. The van der Waals surface area contributed by atoms with Gasteiger partial charge in [-0.1, -0.05) is 13.0 Å². The molecule has 0 unspecified atom stereocenters. The fourth-order valence-electron chi connectivity index (χ4n) is 1.84. The number of hydrogen-bond donors (Lipinski definition) is 2. The van der Waals surface area contributed by atoms with E-state index in [1.165, 1.54) is 0 Å². The number of methoxy groups -OCH3 is 1. The maximum absolute atomic E-state index is 12.1. The molecule has 116 valence electrons. The summed E-state index contributed by atoms with van der Waals surface area (Å²) in [5.74, 6) is 0.620. The summed E-state index contributed by atoms with van der Waals surface area (Å²) in [7, 11) is 1.62. The molecule has 5 nitrogen and oxygen atoms in total. The van der Waals surface area contributed by atoms with Crippen LogP contribution in [0.25, 0.3) is 0 Å². The number of amides is 1. The van der Waals surface area contributed by atoms with Gasteiger partial charge in [0.25, 0.3) is 5.91 Å². The van der Waals surface area contributed by atoms with Crippen molar-refractivity contribution in [2.45, 2.75) is 19.4 Å². The molecule has 0 aliphatic rings. The van der Waals surface area contributed by atoms with Crippen LogP contribution in [-0.4, -0.2) is 25.3 Å². The van der Waals surface area contributed by atoms with Crippen molar-refractivity contribution in [1.29, 1.82) is 0 Å². The molecule has 22 heavy (non-hydrogen) atoms. The molecule has 0 saturated heterocycles. The largest absolute Gasteiger partial charge is 0.497 e. The van der Waals surface area contributed by atoms with Crippen molar-refractivity contribution >= 4 is 29.1 Å². The van der Waals surface area contributed by atoms with Gasteiger partial charge in [0.05, 0.1) is 13.3 Å². The van der Waals surface area contributed by atoms with Crippen molar-refractivity contribution in [3.63, 3.8) is 0 Å². The highest BCUT2D eigenvalue weighted by molar-refractivity contribution is 7.11. The molecule has 2 N–H and O–H groups in total. The van der Waals surface area contributed by atoms with Gasteiger partial charge in [0.15, 0.2) is 0 Å². The number of rotatable bonds is 7. The van der Waals surface area contributed by atoms with Gasteiger partial charge in [-0.25, -0.2) is 5.43 Å². The number of benzene rings is 1. The zero-order valence-electron chi connectivity index (χ0n) is 12.6. The summed E-state index contributed by atoms with van der Waals surface area (Å²) in [6, 6.07) is 11.0. The van der Waals surface area contributed by atoms with Gasteiger partial charge in [0.2, 0.25) is 0 Å². The van der Waals surface area contributed by atoms with Crippen molar-refractivity contribution in [3.05, 3.63) is 46.7 Å². The second-order valence-corrected chi connectivity index (χ2v) is 5.56. The third-order valence-corrected chi connectivity index (χ3v) is 3.87. The van der Waals surface area contributed by atoms with Crippen LogP contribution in [0.5, 0.6) is 5.75 Å². The highest BCUT2D eigenvalue weighted by Crippen LogP contribution is 2.16. The van der Waals surface area contributed by atoms with Crippen LogP contribution in [-0.2, 0) is 4.79 Å². The van der Waals surface area contributed by atoms with Gasteiger partial charge < -0.3 is 10.1 Å². The zero-order valence-corrected chi connectivity index (χ0v) is 13.4. The van der Waals surface area contributed by atoms with Gasteiger partial charge in [-0.15, -0.1) is 11.3 Å². The van der Waals surface area contributed by atoms with E-state index in [1.807, 2.05) is 48.7 Å². The van der Waals surface area contributed by atoms with E-state index in [4.69, 9.17) is 4.74 Å². The molecule has 0 bridgehead atoms. The van der Waals surface area contributed by atoms with Crippen LogP contribution < -0.4 is 15.5 Å². The van der Waals surface area contributed by atoms with Gasteiger partial charge >= 0.3 is 0 Å². The predicted molar refractivity (Wildman–Crippen MR) is 90.8 cm³/mol. The third kappa shape index (κ3) is 4.60. The van der Waals surface area contributed by atoms with E-state index >= 15 is 0 Å². The Balaban J connectivity index is 1.90. The fraction of sp³-hybridized carbons (Fsp3) is 0.250. The second-order valence-electron chi connectivity index (χ2n) is 4.58. The lowest BCUT2D eigenvalue weighted by Gasteiger charge is -2.16. The first kappa shape index (κ1) is 16.0. The Labute approximate surface area is 134 Å². The van der Waals surface area contributed by atoms with Crippen LogP contribution in [0.4, 0.5) is 5.69 Å². The van der Waals surface area contributed by atoms with Crippen molar-refractivity contribution in [3.8, 4) is 5.75 Å². The average molecular weight is 317 g/mol. The molecule has 0 fully saturated rings. The van der Waals surface area contributed by atoms with E-state index in [0.29, 0.717) is 6.42 Å². The van der Waals surface area contributed by atoms with Gasteiger partial charge in [0.1, 0.15) is 11.8 Å². The Bertz CT molecular complexity index is 609. The lowest BCUT2D eigenvalue weighted by atomic mass is 10.2. The van der Waals surface area contributed by atoms with E-state index in [0.717, 1.165) is 16.3 Å². The van der Waals surface area contributed by atoms with Crippen LogP contribution in [0.1, 0.15) is 18.2 Å².